The lowest BCUT2D eigenvalue weighted by Crippen LogP contribution is -2.41. The van der Waals surface area contributed by atoms with Crippen LogP contribution in [0.15, 0.2) is 62.6 Å². The van der Waals surface area contributed by atoms with E-state index in [4.69, 9.17) is 16.1 Å². The van der Waals surface area contributed by atoms with E-state index in [1.165, 1.54) is 30.1 Å². The Bertz CT molecular complexity index is 1500. The van der Waals surface area contributed by atoms with Gasteiger partial charge in [-0.15, -0.1) is 0 Å². The lowest BCUT2D eigenvalue weighted by atomic mass is 10.2. The van der Waals surface area contributed by atoms with Crippen LogP contribution < -0.4 is 16.1 Å². The number of carbonyl (C=O) groups excluding carboxylic acids is 1. The summed E-state index contributed by atoms with van der Waals surface area (Å²) in [5.74, 6) is -0.913. The fraction of sp³-hybridized carbons (Fsp3) is 0.217. The second-order valence-corrected chi connectivity index (χ2v) is 7.92. The van der Waals surface area contributed by atoms with Crippen molar-refractivity contribution in [3.8, 4) is 17.2 Å². The van der Waals surface area contributed by atoms with Crippen LogP contribution in [0.1, 0.15) is 19.2 Å². The van der Waals surface area contributed by atoms with E-state index in [0.717, 1.165) is 9.25 Å². The summed E-state index contributed by atoms with van der Waals surface area (Å²) >= 11 is 5.93. The molecular weight excluding hydrogens is 479 g/mol. The number of carbonyl (C=O) groups is 1. The maximum atomic E-state index is 14.0. The molecule has 0 saturated carbocycles. The van der Waals surface area contributed by atoms with E-state index in [-0.39, 0.29) is 48.4 Å². The molecule has 2 aromatic carbocycles. The van der Waals surface area contributed by atoms with Crippen LogP contribution in [-0.2, 0) is 17.8 Å². The average molecular weight is 499 g/mol. The fourth-order valence-electron chi connectivity index (χ4n) is 3.38. The number of anilines is 1. The molecule has 2 aromatic heterocycles. The maximum absolute atomic E-state index is 14.0. The van der Waals surface area contributed by atoms with Crippen molar-refractivity contribution >= 4 is 23.2 Å². The fourth-order valence-corrected chi connectivity index (χ4v) is 3.50. The molecule has 180 valence electrons. The molecule has 0 radical (unpaired) electrons. The van der Waals surface area contributed by atoms with E-state index in [1.807, 2.05) is 0 Å². The van der Waals surface area contributed by atoms with Crippen LogP contribution in [0.4, 0.5) is 10.1 Å². The molecule has 0 unspecified atom stereocenters. The highest BCUT2D eigenvalue weighted by molar-refractivity contribution is 6.30. The number of para-hydroxylation sites is 1. The molecule has 2 heterocycles. The van der Waals surface area contributed by atoms with Crippen molar-refractivity contribution in [1.29, 1.82) is 0 Å². The molecule has 0 bridgehead atoms. The second kappa shape index (κ2) is 10.0. The summed E-state index contributed by atoms with van der Waals surface area (Å²) in [4.78, 5) is 43.5. The van der Waals surface area contributed by atoms with Gasteiger partial charge in [0.25, 0.3) is 5.56 Å². The van der Waals surface area contributed by atoms with E-state index in [9.17, 15) is 18.8 Å². The van der Waals surface area contributed by atoms with Crippen LogP contribution in [0.2, 0.25) is 5.02 Å². The summed E-state index contributed by atoms with van der Waals surface area (Å²) in [6, 6.07) is 12.3. The molecule has 0 N–H and O–H groups in total. The minimum absolute atomic E-state index is 0.0383. The van der Waals surface area contributed by atoms with Gasteiger partial charge in [-0.1, -0.05) is 28.9 Å². The minimum Gasteiger partial charge on any atom is -0.339 e. The topological polar surface area (TPSA) is 116 Å². The molecule has 4 aromatic rings. The Morgan fingerprint density at radius 3 is 2.54 bits per heavy atom. The van der Waals surface area contributed by atoms with Crippen LogP contribution in [0.25, 0.3) is 17.2 Å². The monoisotopic (exact) mass is 498 g/mol. The Labute approximate surface area is 203 Å². The van der Waals surface area contributed by atoms with Crippen molar-refractivity contribution in [2.24, 2.45) is 0 Å². The highest BCUT2D eigenvalue weighted by Gasteiger charge is 2.21. The molecule has 0 fully saturated rings. The SMILES string of the molecule is CCn1c(=O)c(-c2noc(CCC(=O)N(C)c3ccccc3F)n2)nn(-c2ccc(Cl)cc2)c1=O. The van der Waals surface area contributed by atoms with Crippen molar-refractivity contribution in [2.45, 2.75) is 26.3 Å². The zero-order valence-corrected chi connectivity index (χ0v) is 19.6. The van der Waals surface area contributed by atoms with Crippen LogP contribution in [0.3, 0.4) is 0 Å². The Balaban J connectivity index is 1.59. The standard InChI is InChI=1S/C23H20ClFN6O4/c1-3-30-22(33)20(27-31(23(30)34)15-10-8-14(24)9-11-15)21-26-18(35-28-21)12-13-19(32)29(2)17-7-5-4-6-16(17)25/h4-11H,3,12-13H2,1-2H3. The Morgan fingerprint density at radius 1 is 1.14 bits per heavy atom. The van der Waals surface area contributed by atoms with Crippen LogP contribution in [0.5, 0.6) is 0 Å². The van der Waals surface area contributed by atoms with Gasteiger partial charge in [-0.05, 0) is 43.3 Å². The molecule has 4 rings (SSSR count). The second-order valence-electron chi connectivity index (χ2n) is 7.48. The largest absolute Gasteiger partial charge is 0.352 e. The van der Waals surface area contributed by atoms with Gasteiger partial charge in [0.1, 0.15) is 5.82 Å². The summed E-state index contributed by atoms with van der Waals surface area (Å²) in [5.41, 5.74) is -0.948. The van der Waals surface area contributed by atoms with Gasteiger partial charge >= 0.3 is 5.69 Å². The molecule has 1 amide bonds. The number of aryl methyl sites for hydroxylation is 1. The molecule has 12 heteroatoms. The zero-order valence-electron chi connectivity index (χ0n) is 18.8. The molecular formula is C23H20ClFN6O4. The highest BCUT2D eigenvalue weighted by Crippen LogP contribution is 2.19. The summed E-state index contributed by atoms with van der Waals surface area (Å²) in [6.07, 6.45) is 0.0206. The Kier molecular flexibility index (Phi) is 6.87. The third kappa shape index (κ3) is 4.90. The highest BCUT2D eigenvalue weighted by atomic mass is 35.5. The summed E-state index contributed by atoms with van der Waals surface area (Å²) in [6.45, 7) is 1.75. The molecule has 0 aliphatic rings. The zero-order chi connectivity index (χ0) is 25.1. The van der Waals surface area contributed by atoms with Crippen molar-refractivity contribution in [3.05, 3.63) is 86.1 Å². The van der Waals surface area contributed by atoms with E-state index in [0.29, 0.717) is 10.7 Å². The normalized spacial score (nSPS) is 11.0. The molecule has 0 aliphatic carbocycles. The number of nitrogens with zero attached hydrogens (tertiary/aromatic N) is 6. The number of rotatable bonds is 7. The number of aromatic nitrogens is 5. The van der Waals surface area contributed by atoms with Crippen LogP contribution >= 0.6 is 11.6 Å². The van der Waals surface area contributed by atoms with Gasteiger partial charge in [-0.25, -0.2) is 9.18 Å². The van der Waals surface area contributed by atoms with Crippen molar-refractivity contribution in [2.75, 3.05) is 11.9 Å². The van der Waals surface area contributed by atoms with Crippen LogP contribution in [-0.4, -0.2) is 37.4 Å². The number of benzene rings is 2. The van der Waals surface area contributed by atoms with Gasteiger partial charge in [-0.2, -0.15) is 14.8 Å². The predicted octanol–water partition coefficient (Wildman–Crippen LogP) is 2.85. The Morgan fingerprint density at radius 2 is 1.86 bits per heavy atom. The molecule has 10 nitrogen and oxygen atoms in total. The molecule has 0 saturated heterocycles. The first-order valence-corrected chi connectivity index (χ1v) is 11.0. The maximum Gasteiger partial charge on any atom is 0.352 e. The summed E-state index contributed by atoms with van der Waals surface area (Å²) in [5, 5.41) is 8.45. The lowest BCUT2D eigenvalue weighted by Gasteiger charge is -2.17. The third-order valence-electron chi connectivity index (χ3n) is 5.27. The smallest absolute Gasteiger partial charge is 0.339 e. The first kappa shape index (κ1) is 24.0. The van der Waals surface area contributed by atoms with E-state index in [2.05, 4.69) is 15.2 Å². The first-order chi connectivity index (χ1) is 16.8. The first-order valence-electron chi connectivity index (χ1n) is 10.6. The Hall–Kier alpha value is -4.12. The van der Waals surface area contributed by atoms with Gasteiger partial charge in [0.15, 0.2) is 5.69 Å². The molecule has 0 atom stereocenters. The number of halogens is 2. The van der Waals surface area contributed by atoms with Gasteiger partial charge in [-0.3, -0.25) is 14.2 Å². The van der Waals surface area contributed by atoms with E-state index in [1.54, 1.807) is 37.3 Å². The third-order valence-corrected chi connectivity index (χ3v) is 5.52. The number of hydrogen-bond acceptors (Lipinski definition) is 7. The number of hydrogen-bond donors (Lipinski definition) is 0. The van der Waals surface area contributed by atoms with Crippen LogP contribution in [0, 0.1) is 5.82 Å². The van der Waals surface area contributed by atoms with Gasteiger partial charge < -0.3 is 9.42 Å². The summed E-state index contributed by atoms with van der Waals surface area (Å²) < 4.78 is 21.2. The molecule has 0 spiro atoms. The number of amides is 1. The lowest BCUT2D eigenvalue weighted by molar-refractivity contribution is -0.118. The minimum atomic E-state index is -0.676. The van der Waals surface area contributed by atoms with Crippen molar-refractivity contribution in [1.82, 2.24) is 24.5 Å². The molecule has 35 heavy (non-hydrogen) atoms. The van der Waals surface area contributed by atoms with Crippen molar-refractivity contribution in [3.63, 3.8) is 0 Å². The molecule has 0 aliphatic heterocycles. The predicted molar refractivity (Wildman–Crippen MR) is 126 cm³/mol. The van der Waals surface area contributed by atoms with Gasteiger partial charge in [0.05, 0.1) is 11.4 Å². The average Bonchev–Trinajstić information content (AvgIpc) is 3.32. The quantitative estimate of drug-likeness (QED) is 0.384. The van der Waals surface area contributed by atoms with Crippen molar-refractivity contribution < 1.29 is 13.7 Å². The van der Waals surface area contributed by atoms with Gasteiger partial charge in [0.2, 0.25) is 17.6 Å². The van der Waals surface area contributed by atoms with E-state index >= 15 is 0 Å². The van der Waals surface area contributed by atoms with E-state index < -0.39 is 17.1 Å². The summed E-state index contributed by atoms with van der Waals surface area (Å²) in [7, 11) is 1.47. The van der Waals surface area contributed by atoms with Gasteiger partial charge in [0, 0.05) is 31.5 Å².